The van der Waals surface area contributed by atoms with Crippen molar-refractivity contribution in [1.82, 2.24) is 4.98 Å². The van der Waals surface area contributed by atoms with Gasteiger partial charge < -0.3 is 0 Å². The number of nitrogens with zero attached hydrogens (tertiary/aromatic N) is 1. The molecule has 5 aromatic rings. The predicted molar refractivity (Wildman–Crippen MR) is 132 cm³/mol. The van der Waals surface area contributed by atoms with Crippen LogP contribution < -0.4 is 0 Å². The number of pyridine rings is 1. The Morgan fingerprint density at radius 1 is 0.800 bits per heavy atom. The van der Waals surface area contributed by atoms with Gasteiger partial charge >= 0.3 is 0 Å². The topological polar surface area (TPSA) is 12.9 Å². The molecule has 0 atom stereocenters. The number of aromatic nitrogens is 1. The molecule has 0 saturated heterocycles. The van der Waals surface area contributed by atoms with Crippen LogP contribution in [0.25, 0.3) is 42.6 Å². The van der Waals surface area contributed by atoms with Crippen molar-refractivity contribution in [2.45, 2.75) is 33.6 Å². The molecule has 2 heteroatoms. The summed E-state index contributed by atoms with van der Waals surface area (Å²) in [6.07, 6.45) is 2.02. The summed E-state index contributed by atoms with van der Waals surface area (Å²) in [7, 11) is 0. The SMILES string of the molecule is Cc1ccc(-c2ccc3c(c2)sc2c(-c4cc(C(C)C)c(C)cn4)cccc23)cc1. The van der Waals surface area contributed by atoms with Gasteiger partial charge in [-0.05, 0) is 54.2 Å². The maximum atomic E-state index is 4.79. The van der Waals surface area contributed by atoms with Crippen LogP contribution in [0.15, 0.2) is 72.9 Å². The second-order valence-electron chi connectivity index (χ2n) is 8.44. The van der Waals surface area contributed by atoms with Crippen LogP contribution >= 0.6 is 11.3 Å². The molecule has 0 spiro atoms. The van der Waals surface area contributed by atoms with Gasteiger partial charge in [0, 0.05) is 31.9 Å². The summed E-state index contributed by atoms with van der Waals surface area (Å²) >= 11 is 1.87. The van der Waals surface area contributed by atoms with Gasteiger partial charge in [0.25, 0.3) is 0 Å². The monoisotopic (exact) mass is 407 g/mol. The highest BCUT2D eigenvalue weighted by Gasteiger charge is 2.14. The molecular formula is C28H25NS. The van der Waals surface area contributed by atoms with E-state index in [-0.39, 0.29) is 0 Å². The van der Waals surface area contributed by atoms with Crippen molar-refractivity contribution in [3.05, 3.63) is 89.6 Å². The van der Waals surface area contributed by atoms with E-state index in [0.29, 0.717) is 5.92 Å². The standard InChI is InChI=1S/C28H25NS/c1-17(2)25-15-26(29-16-19(25)4)24-7-5-6-23-22-13-12-21(14-27(22)30-28(23)24)20-10-8-18(3)9-11-20/h5-17H,1-4H3. The van der Waals surface area contributed by atoms with E-state index in [2.05, 4.69) is 94.4 Å². The third-order valence-corrected chi connectivity index (χ3v) is 7.13. The number of hydrogen-bond acceptors (Lipinski definition) is 2. The molecule has 148 valence electrons. The van der Waals surface area contributed by atoms with E-state index < -0.39 is 0 Å². The van der Waals surface area contributed by atoms with Crippen molar-refractivity contribution in [3.63, 3.8) is 0 Å². The van der Waals surface area contributed by atoms with Gasteiger partial charge in [-0.2, -0.15) is 0 Å². The zero-order valence-electron chi connectivity index (χ0n) is 17.9. The molecule has 2 aromatic heterocycles. The molecule has 3 aromatic carbocycles. The van der Waals surface area contributed by atoms with Gasteiger partial charge in [-0.15, -0.1) is 11.3 Å². The average molecular weight is 408 g/mol. The first-order valence-corrected chi connectivity index (χ1v) is 11.3. The van der Waals surface area contributed by atoms with E-state index in [1.807, 2.05) is 17.5 Å². The van der Waals surface area contributed by atoms with E-state index in [1.54, 1.807) is 0 Å². The van der Waals surface area contributed by atoms with E-state index in [4.69, 9.17) is 4.98 Å². The maximum Gasteiger partial charge on any atom is 0.0719 e. The summed E-state index contributed by atoms with van der Waals surface area (Å²) in [6, 6.07) is 24.5. The van der Waals surface area contributed by atoms with Gasteiger partial charge in [0.1, 0.15) is 0 Å². The molecule has 0 aliphatic carbocycles. The Labute approximate surface area is 182 Å². The molecule has 5 rings (SSSR count). The van der Waals surface area contributed by atoms with Crippen molar-refractivity contribution in [2.75, 3.05) is 0 Å². The lowest BCUT2D eigenvalue weighted by Gasteiger charge is -2.11. The Morgan fingerprint density at radius 3 is 2.33 bits per heavy atom. The number of fused-ring (bicyclic) bond motifs is 3. The first kappa shape index (κ1) is 19.0. The number of thiophene rings is 1. The molecule has 0 fully saturated rings. The van der Waals surface area contributed by atoms with Gasteiger partial charge in [-0.3, -0.25) is 4.98 Å². The lowest BCUT2D eigenvalue weighted by Crippen LogP contribution is -1.95. The fraction of sp³-hybridized carbons (Fsp3) is 0.179. The number of rotatable bonds is 3. The van der Waals surface area contributed by atoms with Gasteiger partial charge in [-0.25, -0.2) is 0 Å². The Bertz CT molecular complexity index is 1370. The zero-order valence-corrected chi connectivity index (χ0v) is 18.7. The van der Waals surface area contributed by atoms with Crippen LogP contribution in [0.1, 0.15) is 36.5 Å². The molecular weight excluding hydrogens is 382 g/mol. The maximum absolute atomic E-state index is 4.79. The van der Waals surface area contributed by atoms with Gasteiger partial charge in [0.15, 0.2) is 0 Å². The van der Waals surface area contributed by atoms with Crippen LogP contribution in [-0.2, 0) is 0 Å². The molecule has 0 unspecified atom stereocenters. The Kier molecular flexibility index (Phi) is 4.67. The summed E-state index contributed by atoms with van der Waals surface area (Å²) in [5.41, 5.74) is 8.76. The number of aryl methyl sites for hydroxylation is 2. The van der Waals surface area contributed by atoms with Crippen LogP contribution in [0.3, 0.4) is 0 Å². The molecule has 0 bridgehead atoms. The van der Waals surface area contributed by atoms with E-state index in [0.717, 1.165) is 5.69 Å². The molecule has 0 saturated carbocycles. The van der Waals surface area contributed by atoms with Gasteiger partial charge in [0.05, 0.1) is 5.69 Å². The molecule has 0 aliphatic heterocycles. The van der Waals surface area contributed by atoms with Crippen molar-refractivity contribution < 1.29 is 0 Å². The van der Waals surface area contributed by atoms with Crippen LogP contribution in [0, 0.1) is 13.8 Å². The van der Waals surface area contributed by atoms with Crippen molar-refractivity contribution in [2.24, 2.45) is 0 Å². The van der Waals surface area contributed by atoms with Crippen LogP contribution in [0.4, 0.5) is 0 Å². The molecule has 0 aliphatic rings. The highest BCUT2D eigenvalue weighted by atomic mass is 32.1. The van der Waals surface area contributed by atoms with Gasteiger partial charge in [0.2, 0.25) is 0 Å². The molecule has 2 heterocycles. The Hall–Kier alpha value is -2.97. The predicted octanol–water partition coefficient (Wildman–Crippen LogP) is 8.52. The molecule has 0 N–H and O–H groups in total. The number of benzene rings is 3. The highest BCUT2D eigenvalue weighted by Crippen LogP contribution is 2.41. The smallest absolute Gasteiger partial charge is 0.0719 e. The minimum absolute atomic E-state index is 0.491. The third-order valence-electron chi connectivity index (χ3n) is 5.93. The van der Waals surface area contributed by atoms with Gasteiger partial charge in [-0.1, -0.05) is 74.0 Å². The van der Waals surface area contributed by atoms with Crippen LogP contribution in [0.5, 0.6) is 0 Å². The average Bonchev–Trinajstić information content (AvgIpc) is 3.12. The molecule has 0 amide bonds. The first-order chi connectivity index (χ1) is 14.5. The molecule has 30 heavy (non-hydrogen) atoms. The lowest BCUT2D eigenvalue weighted by molar-refractivity contribution is 0.852. The fourth-order valence-electron chi connectivity index (χ4n) is 4.23. The van der Waals surface area contributed by atoms with Crippen molar-refractivity contribution in [1.29, 1.82) is 0 Å². The Morgan fingerprint density at radius 2 is 1.57 bits per heavy atom. The summed E-state index contributed by atoms with van der Waals surface area (Å²) in [6.45, 7) is 8.78. The highest BCUT2D eigenvalue weighted by molar-refractivity contribution is 7.26. The first-order valence-electron chi connectivity index (χ1n) is 10.5. The minimum Gasteiger partial charge on any atom is -0.256 e. The zero-order chi connectivity index (χ0) is 20.8. The van der Waals surface area contributed by atoms with E-state index in [1.165, 1.54) is 53.6 Å². The van der Waals surface area contributed by atoms with E-state index in [9.17, 15) is 0 Å². The molecule has 0 radical (unpaired) electrons. The quantitative estimate of drug-likeness (QED) is 0.292. The second-order valence-corrected chi connectivity index (χ2v) is 9.49. The fourth-order valence-corrected chi connectivity index (χ4v) is 5.50. The largest absolute Gasteiger partial charge is 0.256 e. The number of hydrogen-bond donors (Lipinski definition) is 0. The normalized spacial score (nSPS) is 11.6. The Balaban J connectivity index is 1.69. The summed E-state index contributed by atoms with van der Waals surface area (Å²) in [5, 5.41) is 2.64. The lowest BCUT2D eigenvalue weighted by atomic mass is 9.97. The van der Waals surface area contributed by atoms with Crippen molar-refractivity contribution in [3.8, 4) is 22.4 Å². The van der Waals surface area contributed by atoms with E-state index >= 15 is 0 Å². The minimum atomic E-state index is 0.491. The second kappa shape index (κ2) is 7.37. The third kappa shape index (κ3) is 3.22. The summed E-state index contributed by atoms with van der Waals surface area (Å²) in [5.74, 6) is 0.491. The molecule has 1 nitrogen and oxygen atoms in total. The van der Waals surface area contributed by atoms with Crippen molar-refractivity contribution >= 4 is 31.5 Å². The summed E-state index contributed by atoms with van der Waals surface area (Å²) < 4.78 is 2.64. The summed E-state index contributed by atoms with van der Waals surface area (Å²) in [4.78, 5) is 4.79. The van der Waals surface area contributed by atoms with Crippen LogP contribution in [-0.4, -0.2) is 4.98 Å². The van der Waals surface area contributed by atoms with Crippen LogP contribution in [0.2, 0.25) is 0 Å².